The van der Waals surface area contributed by atoms with Crippen molar-refractivity contribution in [2.24, 2.45) is 0 Å². The number of aryl methyl sites for hydroxylation is 1. The van der Waals surface area contributed by atoms with Crippen LogP contribution in [0.25, 0.3) is 0 Å². The summed E-state index contributed by atoms with van der Waals surface area (Å²) in [4.78, 5) is 10.7. The normalized spacial score (nSPS) is 10.1. The molecule has 0 unspecified atom stereocenters. The van der Waals surface area contributed by atoms with E-state index in [0.29, 0.717) is 5.95 Å². The molecule has 5 heteroatoms. The molecule has 19 heavy (non-hydrogen) atoms. The second kappa shape index (κ2) is 5.56. The molecule has 0 aliphatic heterocycles. The molecule has 1 heterocycles. The zero-order chi connectivity index (χ0) is 13.8. The summed E-state index contributed by atoms with van der Waals surface area (Å²) >= 11 is 0. The lowest BCUT2D eigenvalue weighted by Gasteiger charge is -2.19. The Morgan fingerprint density at radius 2 is 2.00 bits per heavy atom. The molecule has 2 aromatic rings. The van der Waals surface area contributed by atoms with Crippen LogP contribution in [-0.2, 0) is 0 Å². The second-order valence-corrected chi connectivity index (χ2v) is 4.20. The number of anilines is 3. The first kappa shape index (κ1) is 13.1. The van der Waals surface area contributed by atoms with Gasteiger partial charge in [0.2, 0.25) is 5.95 Å². The minimum Gasteiger partial charge on any atom is -0.497 e. The van der Waals surface area contributed by atoms with Gasteiger partial charge in [-0.25, -0.2) is 4.98 Å². The number of methoxy groups -OCH3 is 1. The maximum atomic E-state index is 5.24. The monoisotopic (exact) mass is 258 g/mol. The first-order valence-electron chi connectivity index (χ1n) is 6.05. The average Bonchev–Trinajstić information content (AvgIpc) is 2.45. The minimum atomic E-state index is 0.616. The Hall–Kier alpha value is -2.30. The van der Waals surface area contributed by atoms with Gasteiger partial charge in [-0.2, -0.15) is 4.98 Å². The highest BCUT2D eigenvalue weighted by atomic mass is 16.5. The third-order valence-electron chi connectivity index (χ3n) is 2.85. The van der Waals surface area contributed by atoms with E-state index in [-0.39, 0.29) is 0 Å². The van der Waals surface area contributed by atoms with Gasteiger partial charge in [0.15, 0.2) is 0 Å². The van der Waals surface area contributed by atoms with Crippen molar-refractivity contribution in [3.63, 3.8) is 0 Å². The van der Waals surface area contributed by atoms with Crippen LogP contribution in [0.3, 0.4) is 0 Å². The first-order chi connectivity index (χ1) is 9.13. The van der Waals surface area contributed by atoms with Crippen LogP contribution >= 0.6 is 0 Å². The van der Waals surface area contributed by atoms with Crippen molar-refractivity contribution in [1.29, 1.82) is 0 Å². The van der Waals surface area contributed by atoms with Crippen LogP contribution in [0.1, 0.15) is 5.69 Å². The lowest BCUT2D eigenvalue weighted by molar-refractivity contribution is 0.415. The maximum absolute atomic E-state index is 5.24. The SMILES string of the molecule is CNc1nc(C)cc(N(C)c2cccc(OC)c2)n1. The average molecular weight is 258 g/mol. The summed E-state index contributed by atoms with van der Waals surface area (Å²) in [5.74, 6) is 2.28. The number of nitrogens with one attached hydrogen (secondary N) is 1. The largest absolute Gasteiger partial charge is 0.497 e. The van der Waals surface area contributed by atoms with Gasteiger partial charge in [-0.1, -0.05) is 6.07 Å². The lowest BCUT2D eigenvalue weighted by atomic mass is 10.2. The molecule has 0 saturated carbocycles. The minimum absolute atomic E-state index is 0.616. The molecule has 0 saturated heterocycles. The summed E-state index contributed by atoms with van der Waals surface area (Å²) < 4.78 is 5.24. The Balaban J connectivity index is 2.37. The molecule has 100 valence electrons. The third kappa shape index (κ3) is 2.93. The molecule has 2 rings (SSSR count). The van der Waals surface area contributed by atoms with Crippen molar-refractivity contribution < 1.29 is 4.74 Å². The molecule has 0 aliphatic carbocycles. The highest BCUT2D eigenvalue weighted by molar-refractivity contribution is 5.62. The Morgan fingerprint density at radius 3 is 2.68 bits per heavy atom. The quantitative estimate of drug-likeness (QED) is 0.913. The highest BCUT2D eigenvalue weighted by Crippen LogP contribution is 2.26. The van der Waals surface area contributed by atoms with Crippen LogP contribution in [0, 0.1) is 6.92 Å². The van der Waals surface area contributed by atoms with Gasteiger partial charge in [-0.05, 0) is 19.1 Å². The number of benzene rings is 1. The smallest absolute Gasteiger partial charge is 0.224 e. The summed E-state index contributed by atoms with van der Waals surface area (Å²) in [5.41, 5.74) is 1.93. The molecule has 1 N–H and O–H groups in total. The summed E-state index contributed by atoms with van der Waals surface area (Å²) in [6, 6.07) is 9.80. The van der Waals surface area contributed by atoms with Crippen LogP contribution in [0.15, 0.2) is 30.3 Å². The van der Waals surface area contributed by atoms with Crippen molar-refractivity contribution in [2.45, 2.75) is 6.92 Å². The molecule has 1 aromatic heterocycles. The fourth-order valence-corrected chi connectivity index (χ4v) is 1.79. The van der Waals surface area contributed by atoms with Gasteiger partial charge in [-0.15, -0.1) is 0 Å². The van der Waals surface area contributed by atoms with E-state index in [9.17, 15) is 0 Å². The van der Waals surface area contributed by atoms with Gasteiger partial charge < -0.3 is 15.0 Å². The Bertz CT molecular complexity index is 571. The number of hydrogen-bond donors (Lipinski definition) is 1. The predicted octanol–water partition coefficient (Wildman–Crippen LogP) is 2.60. The molecule has 0 aliphatic rings. The van der Waals surface area contributed by atoms with Crippen LogP contribution < -0.4 is 15.0 Å². The van der Waals surface area contributed by atoms with Crippen LogP contribution in [0.2, 0.25) is 0 Å². The first-order valence-corrected chi connectivity index (χ1v) is 6.05. The Labute approximate surface area is 113 Å². The summed E-state index contributed by atoms with van der Waals surface area (Å²) in [6.07, 6.45) is 0. The molecule has 0 fully saturated rings. The van der Waals surface area contributed by atoms with Crippen LogP contribution in [0.4, 0.5) is 17.5 Å². The summed E-state index contributed by atoms with van der Waals surface area (Å²) in [5, 5.41) is 2.96. The molecule has 1 aromatic carbocycles. The number of nitrogens with zero attached hydrogens (tertiary/aromatic N) is 3. The van der Waals surface area contributed by atoms with E-state index in [4.69, 9.17) is 4.74 Å². The zero-order valence-electron chi connectivity index (χ0n) is 11.6. The molecule has 0 amide bonds. The molecule has 0 spiro atoms. The van der Waals surface area contributed by atoms with Gasteiger partial charge in [0.05, 0.1) is 7.11 Å². The van der Waals surface area contributed by atoms with Crippen LogP contribution in [-0.4, -0.2) is 31.2 Å². The highest BCUT2D eigenvalue weighted by Gasteiger charge is 2.08. The number of aromatic nitrogens is 2. The summed E-state index contributed by atoms with van der Waals surface area (Å²) in [7, 11) is 5.44. The predicted molar refractivity (Wildman–Crippen MR) is 77.4 cm³/mol. The number of ether oxygens (including phenoxy) is 1. The van der Waals surface area contributed by atoms with Gasteiger partial charge in [0, 0.05) is 37.6 Å². The van der Waals surface area contributed by atoms with Gasteiger partial charge in [-0.3, -0.25) is 0 Å². The third-order valence-corrected chi connectivity index (χ3v) is 2.85. The van der Waals surface area contributed by atoms with E-state index in [1.165, 1.54) is 0 Å². The van der Waals surface area contributed by atoms with Crippen molar-refractivity contribution in [2.75, 3.05) is 31.4 Å². The van der Waals surface area contributed by atoms with Gasteiger partial charge in [0.25, 0.3) is 0 Å². The standard InChI is InChI=1S/C14H18N4O/c1-10-8-13(17-14(15-2)16-10)18(3)11-6-5-7-12(9-11)19-4/h5-9H,1-4H3,(H,15,16,17). The topological polar surface area (TPSA) is 50.3 Å². The molecule has 0 atom stereocenters. The van der Waals surface area contributed by atoms with Crippen molar-refractivity contribution in [3.05, 3.63) is 36.0 Å². The second-order valence-electron chi connectivity index (χ2n) is 4.20. The Morgan fingerprint density at radius 1 is 1.21 bits per heavy atom. The fourth-order valence-electron chi connectivity index (χ4n) is 1.79. The number of rotatable bonds is 4. The van der Waals surface area contributed by atoms with Crippen molar-refractivity contribution in [1.82, 2.24) is 9.97 Å². The van der Waals surface area contributed by atoms with E-state index in [1.807, 2.05) is 56.3 Å². The molecular weight excluding hydrogens is 240 g/mol. The zero-order valence-corrected chi connectivity index (χ0v) is 11.6. The van der Waals surface area contributed by atoms with E-state index < -0.39 is 0 Å². The van der Waals surface area contributed by atoms with E-state index >= 15 is 0 Å². The van der Waals surface area contributed by atoms with Gasteiger partial charge >= 0.3 is 0 Å². The Kier molecular flexibility index (Phi) is 3.85. The molecule has 0 radical (unpaired) electrons. The molecule has 0 bridgehead atoms. The lowest BCUT2D eigenvalue weighted by Crippen LogP contribution is -2.13. The fraction of sp³-hybridized carbons (Fsp3) is 0.286. The van der Waals surface area contributed by atoms with Crippen LogP contribution in [0.5, 0.6) is 5.75 Å². The number of hydrogen-bond acceptors (Lipinski definition) is 5. The molecule has 5 nitrogen and oxygen atoms in total. The van der Waals surface area contributed by atoms with Gasteiger partial charge in [0.1, 0.15) is 11.6 Å². The van der Waals surface area contributed by atoms with E-state index in [1.54, 1.807) is 7.11 Å². The van der Waals surface area contributed by atoms with Crippen molar-refractivity contribution >= 4 is 17.5 Å². The van der Waals surface area contributed by atoms with Crippen molar-refractivity contribution in [3.8, 4) is 5.75 Å². The van der Waals surface area contributed by atoms with E-state index in [0.717, 1.165) is 22.9 Å². The molecular formula is C14H18N4O. The summed E-state index contributed by atoms with van der Waals surface area (Å²) in [6.45, 7) is 1.95. The van der Waals surface area contributed by atoms with E-state index in [2.05, 4.69) is 15.3 Å². The maximum Gasteiger partial charge on any atom is 0.224 e.